The van der Waals surface area contributed by atoms with Gasteiger partial charge in [-0.2, -0.15) is 0 Å². The number of hydrogen-bond acceptors (Lipinski definition) is 4. The van der Waals surface area contributed by atoms with E-state index in [1.54, 1.807) is 56.5 Å². The van der Waals surface area contributed by atoms with E-state index in [2.05, 4.69) is 16.0 Å². The number of ether oxygens (including phenoxy) is 2. The van der Waals surface area contributed by atoms with Gasteiger partial charge in [0, 0.05) is 16.3 Å². The van der Waals surface area contributed by atoms with Gasteiger partial charge >= 0.3 is 6.03 Å². The molecule has 7 nitrogen and oxygen atoms in total. The number of urea groups is 1. The number of hydrogen-bond donors (Lipinski definition) is 3. The molecule has 2 heterocycles. The molecule has 1 saturated heterocycles. The van der Waals surface area contributed by atoms with Crippen LogP contribution in [0.25, 0.3) is 0 Å². The highest BCUT2D eigenvalue weighted by molar-refractivity contribution is 6.30. The molecule has 0 aliphatic carbocycles. The molecule has 140 valence electrons. The van der Waals surface area contributed by atoms with Crippen LogP contribution < -0.4 is 25.4 Å². The van der Waals surface area contributed by atoms with E-state index in [-0.39, 0.29) is 5.91 Å². The van der Waals surface area contributed by atoms with Gasteiger partial charge < -0.3 is 20.1 Å². The summed E-state index contributed by atoms with van der Waals surface area (Å²) >= 11 is 5.90. The maximum Gasteiger partial charge on any atom is 0.318 e. The molecule has 27 heavy (non-hydrogen) atoms. The van der Waals surface area contributed by atoms with E-state index >= 15 is 0 Å². The predicted molar refractivity (Wildman–Crippen MR) is 100 cm³/mol. The Balaban J connectivity index is 1.71. The number of halogens is 1. The second-order valence-electron chi connectivity index (χ2n) is 6.66. The van der Waals surface area contributed by atoms with Crippen LogP contribution in [0.4, 0.5) is 10.5 Å². The Morgan fingerprint density at radius 1 is 1.26 bits per heavy atom. The maximum absolute atomic E-state index is 13.1. The van der Waals surface area contributed by atoms with Gasteiger partial charge in [-0.15, -0.1) is 0 Å². The van der Waals surface area contributed by atoms with Crippen LogP contribution in [0.15, 0.2) is 42.5 Å². The molecule has 3 amide bonds. The Hall–Kier alpha value is -2.93. The van der Waals surface area contributed by atoms with Crippen LogP contribution in [0.2, 0.25) is 5.02 Å². The molecule has 2 aliphatic heterocycles. The minimum Gasteiger partial charge on any atom is -0.497 e. The summed E-state index contributed by atoms with van der Waals surface area (Å²) in [6.45, 7) is 1.69. The summed E-state index contributed by atoms with van der Waals surface area (Å²) in [7, 11) is 1.56. The van der Waals surface area contributed by atoms with Crippen LogP contribution in [-0.2, 0) is 4.79 Å². The molecule has 8 heteroatoms. The fourth-order valence-corrected chi connectivity index (χ4v) is 3.73. The van der Waals surface area contributed by atoms with Crippen molar-refractivity contribution in [2.45, 2.75) is 18.7 Å². The first-order valence-electron chi connectivity index (χ1n) is 8.42. The summed E-state index contributed by atoms with van der Waals surface area (Å²) in [5.41, 5.74) is 0.109. The van der Waals surface area contributed by atoms with Crippen molar-refractivity contribution in [2.24, 2.45) is 5.92 Å². The minimum absolute atomic E-state index is 0.286. The normalized spacial score (nSPS) is 25.4. The van der Waals surface area contributed by atoms with Crippen LogP contribution in [-0.4, -0.2) is 24.8 Å². The molecular weight excluding hydrogens is 370 g/mol. The zero-order valence-electron chi connectivity index (χ0n) is 14.7. The Labute approximate surface area is 161 Å². The van der Waals surface area contributed by atoms with E-state index in [9.17, 15) is 9.59 Å². The molecule has 1 fully saturated rings. The topological polar surface area (TPSA) is 88.7 Å². The lowest BCUT2D eigenvalue weighted by Crippen LogP contribution is -2.70. The zero-order chi connectivity index (χ0) is 19.2. The van der Waals surface area contributed by atoms with Gasteiger partial charge in [-0.05, 0) is 49.4 Å². The number of carbonyl (C=O) groups excluding carboxylic acids is 2. The minimum atomic E-state index is -1.19. The van der Waals surface area contributed by atoms with Crippen molar-refractivity contribution in [2.75, 3.05) is 12.4 Å². The SMILES string of the molecule is COc1ccc2c(c1)[C@@H]1NC(=O)N[C@@](C)(O2)[C@@H]1C(=O)Nc1ccc(Cl)cc1. The lowest BCUT2D eigenvalue weighted by molar-refractivity contribution is -0.133. The number of anilines is 1. The molecule has 0 unspecified atom stereocenters. The van der Waals surface area contributed by atoms with Crippen molar-refractivity contribution in [1.82, 2.24) is 10.6 Å². The second-order valence-corrected chi connectivity index (χ2v) is 7.10. The number of benzene rings is 2. The van der Waals surface area contributed by atoms with Crippen molar-refractivity contribution in [3.05, 3.63) is 53.1 Å². The Kier molecular flexibility index (Phi) is 4.11. The number of carbonyl (C=O) groups is 2. The average molecular weight is 388 g/mol. The third-order valence-corrected chi connectivity index (χ3v) is 5.10. The molecule has 2 bridgehead atoms. The fourth-order valence-electron chi connectivity index (χ4n) is 3.60. The molecule has 0 spiro atoms. The van der Waals surface area contributed by atoms with Crippen molar-refractivity contribution >= 4 is 29.2 Å². The third-order valence-electron chi connectivity index (χ3n) is 4.84. The molecule has 3 atom stereocenters. The van der Waals surface area contributed by atoms with Crippen molar-refractivity contribution in [3.63, 3.8) is 0 Å². The highest BCUT2D eigenvalue weighted by Crippen LogP contribution is 2.46. The largest absolute Gasteiger partial charge is 0.497 e. The quantitative estimate of drug-likeness (QED) is 0.755. The van der Waals surface area contributed by atoms with Crippen LogP contribution in [0.5, 0.6) is 11.5 Å². The van der Waals surface area contributed by atoms with E-state index < -0.39 is 23.7 Å². The Morgan fingerprint density at radius 2 is 2.00 bits per heavy atom. The molecule has 4 rings (SSSR count). The number of methoxy groups -OCH3 is 1. The van der Waals surface area contributed by atoms with Gasteiger partial charge in [0.2, 0.25) is 5.91 Å². The molecule has 2 aromatic carbocycles. The van der Waals surface area contributed by atoms with E-state index in [0.29, 0.717) is 27.8 Å². The number of amides is 3. The number of nitrogens with one attached hydrogen (secondary N) is 3. The highest BCUT2D eigenvalue weighted by Gasteiger charge is 2.55. The van der Waals surface area contributed by atoms with Crippen LogP contribution in [0.3, 0.4) is 0 Å². The summed E-state index contributed by atoms with van der Waals surface area (Å²) in [5, 5.41) is 9.02. The molecule has 2 aromatic rings. The first kappa shape index (κ1) is 17.5. The second kappa shape index (κ2) is 6.35. The summed E-state index contributed by atoms with van der Waals surface area (Å²) < 4.78 is 11.3. The number of fused-ring (bicyclic) bond motifs is 4. The zero-order valence-corrected chi connectivity index (χ0v) is 15.5. The predicted octanol–water partition coefficient (Wildman–Crippen LogP) is 3.07. The van der Waals surface area contributed by atoms with Crippen molar-refractivity contribution in [3.8, 4) is 11.5 Å². The lowest BCUT2D eigenvalue weighted by Gasteiger charge is -2.49. The van der Waals surface area contributed by atoms with Crippen molar-refractivity contribution < 1.29 is 19.1 Å². The molecule has 3 N–H and O–H groups in total. The van der Waals surface area contributed by atoms with Gasteiger partial charge in [0.15, 0.2) is 5.72 Å². The first-order valence-corrected chi connectivity index (χ1v) is 8.79. The van der Waals surface area contributed by atoms with Crippen LogP contribution in [0.1, 0.15) is 18.5 Å². The molecule has 0 aromatic heterocycles. The molecule has 2 aliphatic rings. The third kappa shape index (κ3) is 3.04. The van der Waals surface area contributed by atoms with Crippen LogP contribution >= 0.6 is 11.6 Å². The van der Waals surface area contributed by atoms with Gasteiger partial charge in [0.05, 0.1) is 13.2 Å². The summed E-state index contributed by atoms with van der Waals surface area (Å²) in [6.07, 6.45) is 0. The van der Waals surface area contributed by atoms with E-state index in [0.717, 1.165) is 0 Å². The first-order chi connectivity index (χ1) is 12.9. The smallest absolute Gasteiger partial charge is 0.318 e. The van der Waals surface area contributed by atoms with Gasteiger partial charge in [-0.3, -0.25) is 10.1 Å². The number of rotatable bonds is 3. The molecule has 0 saturated carbocycles. The molecule has 0 radical (unpaired) electrons. The Bertz CT molecular complexity index is 918. The van der Waals surface area contributed by atoms with E-state index in [1.165, 1.54) is 0 Å². The fraction of sp³-hybridized carbons (Fsp3) is 0.263. The standard InChI is InChI=1S/C19H18ClN3O4/c1-19-15(17(24)21-11-5-3-10(20)4-6-11)16(22-18(25)23-19)13-9-12(26-2)7-8-14(13)27-19/h3-9,15-16H,1-2H3,(H,21,24)(H2,22,23,25)/t15-,16-,19-/m0/s1. The van der Waals surface area contributed by atoms with Gasteiger partial charge in [-0.1, -0.05) is 11.6 Å². The van der Waals surface area contributed by atoms with Crippen molar-refractivity contribution in [1.29, 1.82) is 0 Å². The highest BCUT2D eigenvalue weighted by atomic mass is 35.5. The average Bonchev–Trinajstić information content (AvgIpc) is 2.62. The van der Waals surface area contributed by atoms with E-state index in [1.807, 2.05) is 0 Å². The summed E-state index contributed by atoms with van der Waals surface area (Å²) in [6, 6.07) is 11.2. The van der Waals surface area contributed by atoms with E-state index in [4.69, 9.17) is 21.1 Å². The van der Waals surface area contributed by atoms with Gasteiger partial charge in [-0.25, -0.2) is 4.79 Å². The van der Waals surface area contributed by atoms with Gasteiger partial charge in [0.25, 0.3) is 0 Å². The summed E-state index contributed by atoms with van der Waals surface area (Å²) in [5.74, 6) is 0.216. The monoisotopic (exact) mass is 387 g/mol. The lowest BCUT2D eigenvalue weighted by atomic mass is 9.79. The summed E-state index contributed by atoms with van der Waals surface area (Å²) in [4.78, 5) is 25.2. The molecular formula is C19H18ClN3O4. The maximum atomic E-state index is 13.1. The van der Waals surface area contributed by atoms with Gasteiger partial charge in [0.1, 0.15) is 17.4 Å². The Morgan fingerprint density at radius 3 is 2.70 bits per heavy atom. The van der Waals surface area contributed by atoms with Crippen LogP contribution in [0, 0.1) is 5.92 Å².